The maximum Gasteiger partial charge on any atom is 0.0411 e. The minimum absolute atomic E-state index is 0.153. The molecule has 7 heavy (non-hydrogen) atoms. The molecule has 0 radical (unpaired) electrons. The van der Waals surface area contributed by atoms with Gasteiger partial charge in [-0.15, -0.1) is 0 Å². The molecule has 0 aromatic carbocycles. The standard InChI is InChI=1S/C5H10OS/c1-5(2)3-4-7(5)6/h3-4H2,1-2H3. The van der Waals surface area contributed by atoms with Crippen molar-refractivity contribution < 1.29 is 4.21 Å². The van der Waals surface area contributed by atoms with E-state index in [9.17, 15) is 4.21 Å². The summed E-state index contributed by atoms with van der Waals surface area (Å²) in [4.78, 5) is 0. The van der Waals surface area contributed by atoms with Crippen molar-refractivity contribution in [2.24, 2.45) is 0 Å². The summed E-state index contributed by atoms with van der Waals surface area (Å²) in [6.07, 6.45) is 1.14. The fourth-order valence-electron chi connectivity index (χ4n) is 0.594. The lowest BCUT2D eigenvalue weighted by atomic mass is 10.1. The van der Waals surface area contributed by atoms with Crippen molar-refractivity contribution in [1.82, 2.24) is 0 Å². The molecule has 1 heterocycles. The smallest absolute Gasteiger partial charge is 0.0411 e. The van der Waals surface area contributed by atoms with Gasteiger partial charge in [0.1, 0.15) is 0 Å². The monoisotopic (exact) mass is 118 g/mol. The number of rotatable bonds is 0. The van der Waals surface area contributed by atoms with Crippen molar-refractivity contribution in [2.75, 3.05) is 5.75 Å². The van der Waals surface area contributed by atoms with Gasteiger partial charge in [0.15, 0.2) is 0 Å². The second-order valence-electron chi connectivity index (χ2n) is 2.56. The van der Waals surface area contributed by atoms with Crippen molar-refractivity contribution in [3.05, 3.63) is 0 Å². The molecule has 0 saturated carbocycles. The van der Waals surface area contributed by atoms with Crippen molar-refractivity contribution in [1.29, 1.82) is 0 Å². The summed E-state index contributed by atoms with van der Waals surface area (Å²) in [5.41, 5.74) is 0. The van der Waals surface area contributed by atoms with Crippen LogP contribution < -0.4 is 0 Å². The van der Waals surface area contributed by atoms with Gasteiger partial charge in [-0.25, -0.2) is 0 Å². The molecule has 1 saturated heterocycles. The van der Waals surface area contributed by atoms with E-state index >= 15 is 0 Å². The molecule has 0 spiro atoms. The Labute approximate surface area is 46.6 Å². The van der Waals surface area contributed by atoms with Crippen LogP contribution in [0.4, 0.5) is 0 Å². The minimum atomic E-state index is -0.502. The Kier molecular flexibility index (Phi) is 0.991. The van der Waals surface area contributed by atoms with Gasteiger partial charge >= 0.3 is 0 Å². The Hall–Kier alpha value is 0.150. The Morgan fingerprint density at radius 2 is 2.00 bits per heavy atom. The van der Waals surface area contributed by atoms with E-state index in [-0.39, 0.29) is 4.75 Å². The molecule has 1 nitrogen and oxygen atoms in total. The van der Waals surface area contributed by atoms with Crippen LogP contribution in [-0.2, 0) is 10.8 Å². The quantitative estimate of drug-likeness (QED) is 0.462. The first-order valence-electron chi connectivity index (χ1n) is 2.51. The van der Waals surface area contributed by atoms with Crippen molar-refractivity contribution >= 4 is 10.8 Å². The van der Waals surface area contributed by atoms with Gasteiger partial charge in [0.25, 0.3) is 0 Å². The van der Waals surface area contributed by atoms with Crippen LogP contribution in [0.15, 0.2) is 0 Å². The van der Waals surface area contributed by atoms with Gasteiger partial charge in [0.05, 0.1) is 0 Å². The van der Waals surface area contributed by atoms with E-state index in [0.717, 1.165) is 12.2 Å². The molecule has 1 aliphatic rings. The summed E-state index contributed by atoms with van der Waals surface area (Å²) in [6.45, 7) is 4.10. The summed E-state index contributed by atoms with van der Waals surface area (Å²) < 4.78 is 10.8. The highest BCUT2D eigenvalue weighted by molar-refractivity contribution is 7.87. The van der Waals surface area contributed by atoms with Crippen LogP contribution in [-0.4, -0.2) is 14.7 Å². The Bertz CT molecular complexity index is 107. The summed E-state index contributed by atoms with van der Waals surface area (Å²) in [6, 6.07) is 0. The normalized spacial score (nSPS) is 37.1. The third-order valence-electron chi connectivity index (χ3n) is 1.51. The Morgan fingerprint density at radius 1 is 1.57 bits per heavy atom. The molecule has 0 N–H and O–H groups in total. The molecule has 1 aliphatic heterocycles. The molecule has 0 aromatic rings. The summed E-state index contributed by atoms with van der Waals surface area (Å²) in [5.74, 6) is 0.924. The highest BCUT2D eigenvalue weighted by atomic mass is 32.2. The van der Waals surface area contributed by atoms with E-state index in [0.29, 0.717) is 0 Å². The fraction of sp³-hybridized carbons (Fsp3) is 1.00. The maximum atomic E-state index is 10.7. The summed E-state index contributed by atoms with van der Waals surface area (Å²) in [7, 11) is -0.502. The van der Waals surface area contributed by atoms with E-state index in [1.54, 1.807) is 0 Å². The molecule has 42 valence electrons. The van der Waals surface area contributed by atoms with Gasteiger partial charge in [-0.3, -0.25) is 4.21 Å². The lowest BCUT2D eigenvalue weighted by Gasteiger charge is -2.32. The predicted octanol–water partition coefficient (Wildman–Crippen LogP) is 0.917. The topological polar surface area (TPSA) is 17.1 Å². The minimum Gasteiger partial charge on any atom is -0.259 e. The largest absolute Gasteiger partial charge is 0.259 e. The molecule has 1 unspecified atom stereocenters. The van der Waals surface area contributed by atoms with Crippen LogP contribution in [0.2, 0.25) is 0 Å². The van der Waals surface area contributed by atoms with Crippen LogP contribution in [0.25, 0.3) is 0 Å². The first kappa shape index (κ1) is 5.29. The van der Waals surface area contributed by atoms with Crippen LogP contribution >= 0.6 is 0 Å². The van der Waals surface area contributed by atoms with E-state index in [4.69, 9.17) is 0 Å². The third-order valence-corrected chi connectivity index (χ3v) is 3.52. The molecular weight excluding hydrogens is 108 g/mol. The van der Waals surface area contributed by atoms with Crippen LogP contribution in [0.3, 0.4) is 0 Å². The Balaban J connectivity index is 2.59. The summed E-state index contributed by atoms with van der Waals surface area (Å²) >= 11 is 0. The fourth-order valence-corrected chi connectivity index (χ4v) is 1.78. The second-order valence-corrected chi connectivity index (χ2v) is 4.76. The molecule has 0 aliphatic carbocycles. The summed E-state index contributed by atoms with van der Waals surface area (Å²) in [5, 5.41) is 0. The second kappa shape index (κ2) is 1.31. The highest BCUT2D eigenvalue weighted by Crippen LogP contribution is 2.28. The van der Waals surface area contributed by atoms with Crippen molar-refractivity contribution in [3.8, 4) is 0 Å². The van der Waals surface area contributed by atoms with E-state index < -0.39 is 10.8 Å². The first-order chi connectivity index (χ1) is 3.13. The van der Waals surface area contributed by atoms with Crippen LogP contribution in [0.5, 0.6) is 0 Å². The van der Waals surface area contributed by atoms with Gasteiger partial charge in [0.2, 0.25) is 0 Å². The molecule has 1 fully saturated rings. The zero-order chi connectivity index (χ0) is 5.49. The maximum absolute atomic E-state index is 10.7. The average molecular weight is 118 g/mol. The van der Waals surface area contributed by atoms with Gasteiger partial charge in [-0.2, -0.15) is 0 Å². The number of hydrogen-bond acceptors (Lipinski definition) is 1. The van der Waals surface area contributed by atoms with Crippen LogP contribution in [0, 0.1) is 0 Å². The number of hydrogen-bond donors (Lipinski definition) is 0. The zero-order valence-electron chi connectivity index (χ0n) is 4.73. The molecular formula is C5H10OS. The average Bonchev–Trinajstić information content (AvgIpc) is 1.63. The molecule has 0 amide bonds. The molecule has 1 rings (SSSR count). The van der Waals surface area contributed by atoms with E-state index in [1.165, 1.54) is 0 Å². The third kappa shape index (κ3) is 0.717. The van der Waals surface area contributed by atoms with Gasteiger partial charge in [-0.1, -0.05) is 0 Å². The van der Waals surface area contributed by atoms with Crippen molar-refractivity contribution in [2.45, 2.75) is 25.0 Å². The lowest BCUT2D eigenvalue weighted by molar-refractivity contribution is 0.569. The molecule has 0 aromatic heterocycles. The highest BCUT2D eigenvalue weighted by Gasteiger charge is 2.34. The SMILES string of the molecule is CC1(C)CCS1=O. The molecule has 2 heteroatoms. The van der Waals surface area contributed by atoms with Gasteiger partial charge in [-0.05, 0) is 20.3 Å². The van der Waals surface area contributed by atoms with Crippen molar-refractivity contribution in [3.63, 3.8) is 0 Å². The Morgan fingerprint density at radius 3 is 2.00 bits per heavy atom. The molecule has 1 atom stereocenters. The zero-order valence-corrected chi connectivity index (χ0v) is 5.55. The van der Waals surface area contributed by atoms with Gasteiger partial charge in [0, 0.05) is 21.3 Å². The molecule has 0 bridgehead atoms. The van der Waals surface area contributed by atoms with E-state index in [2.05, 4.69) is 0 Å². The van der Waals surface area contributed by atoms with Gasteiger partial charge < -0.3 is 0 Å². The van der Waals surface area contributed by atoms with Crippen LogP contribution in [0.1, 0.15) is 20.3 Å². The lowest BCUT2D eigenvalue weighted by Crippen LogP contribution is -2.40. The van der Waals surface area contributed by atoms with E-state index in [1.807, 2.05) is 13.8 Å². The predicted molar refractivity (Wildman–Crippen MR) is 31.7 cm³/mol. The first-order valence-corrected chi connectivity index (χ1v) is 3.83.